The summed E-state index contributed by atoms with van der Waals surface area (Å²) in [4.78, 5) is 15.5. The fourth-order valence-electron chi connectivity index (χ4n) is 5.96. The molecule has 0 radical (unpaired) electrons. The van der Waals surface area contributed by atoms with Gasteiger partial charge in [-0.15, -0.1) is 0 Å². The molecule has 1 aliphatic heterocycles. The first-order valence-electron chi connectivity index (χ1n) is 13.3. The molecule has 0 bridgehead atoms. The van der Waals surface area contributed by atoms with Crippen molar-refractivity contribution in [2.24, 2.45) is 7.05 Å². The van der Waals surface area contributed by atoms with E-state index in [0.29, 0.717) is 13.2 Å². The number of carbonyl (C=O) groups is 1. The first kappa shape index (κ1) is 25.0. The van der Waals surface area contributed by atoms with Crippen LogP contribution >= 0.6 is 0 Å². The van der Waals surface area contributed by atoms with Crippen molar-refractivity contribution in [2.45, 2.75) is 51.7 Å². The van der Waals surface area contributed by atoms with Gasteiger partial charge in [0, 0.05) is 37.0 Å². The maximum absolute atomic E-state index is 11.2. The average molecular weight is 525 g/mol. The van der Waals surface area contributed by atoms with Gasteiger partial charge in [-0.2, -0.15) is 0 Å². The minimum Gasteiger partial charge on any atom is -0.492 e. The quantitative estimate of drug-likeness (QED) is 0.291. The standard InChI is InChI=1S/C32H32N2O5/c1-19-13-23(37-18-30-33-11-12-34(30)3)14-20(2)32(19)27-6-4-5-26-25(27)9-10-28(26)39-22-7-8-24-21(15-31(35)36)17-38-29(24)16-22/h4-8,11-14,16,21,28H,9-10,15,17-18H2,1-3H3,(H,35,36)/t21-,28-/m1/s1. The first-order chi connectivity index (χ1) is 18.9. The van der Waals surface area contributed by atoms with Crippen LogP contribution in [-0.4, -0.2) is 27.2 Å². The molecule has 2 aliphatic rings. The normalized spacial score (nSPS) is 17.4. The summed E-state index contributed by atoms with van der Waals surface area (Å²) in [5.74, 6) is 2.27. The third kappa shape index (κ3) is 4.85. The minimum atomic E-state index is -0.813. The summed E-state index contributed by atoms with van der Waals surface area (Å²) in [5.41, 5.74) is 8.33. The number of carboxylic acid groups (broad SMARTS) is 1. The molecule has 7 heteroatoms. The summed E-state index contributed by atoms with van der Waals surface area (Å²) < 4.78 is 20.3. The Morgan fingerprint density at radius 3 is 2.67 bits per heavy atom. The van der Waals surface area contributed by atoms with Crippen LogP contribution in [0.3, 0.4) is 0 Å². The Balaban J connectivity index is 1.22. The second-order valence-electron chi connectivity index (χ2n) is 10.5. The van der Waals surface area contributed by atoms with Gasteiger partial charge in [-0.05, 0) is 78.3 Å². The van der Waals surface area contributed by atoms with Crippen molar-refractivity contribution < 1.29 is 24.1 Å². The molecule has 1 aliphatic carbocycles. The van der Waals surface area contributed by atoms with Gasteiger partial charge in [-0.3, -0.25) is 4.79 Å². The number of aromatic nitrogens is 2. The van der Waals surface area contributed by atoms with Crippen LogP contribution in [0.25, 0.3) is 11.1 Å². The molecule has 1 N–H and O–H groups in total. The van der Waals surface area contributed by atoms with E-state index in [0.717, 1.165) is 41.5 Å². The lowest BCUT2D eigenvalue weighted by Crippen LogP contribution is -2.07. The van der Waals surface area contributed by atoms with E-state index in [-0.39, 0.29) is 18.4 Å². The molecule has 0 saturated heterocycles. The van der Waals surface area contributed by atoms with E-state index in [4.69, 9.17) is 19.3 Å². The van der Waals surface area contributed by atoms with E-state index < -0.39 is 5.97 Å². The minimum absolute atomic E-state index is 0.0461. The molecule has 0 unspecified atom stereocenters. The van der Waals surface area contributed by atoms with Gasteiger partial charge in [0.2, 0.25) is 0 Å². The van der Waals surface area contributed by atoms with Crippen molar-refractivity contribution in [3.8, 4) is 28.4 Å². The predicted octanol–water partition coefficient (Wildman–Crippen LogP) is 6.30. The highest BCUT2D eigenvalue weighted by atomic mass is 16.5. The number of hydrogen-bond donors (Lipinski definition) is 1. The Morgan fingerprint density at radius 2 is 1.92 bits per heavy atom. The highest BCUT2D eigenvalue weighted by molar-refractivity contribution is 5.76. The number of fused-ring (bicyclic) bond motifs is 2. The molecule has 0 amide bonds. The Morgan fingerprint density at radius 1 is 1.10 bits per heavy atom. The van der Waals surface area contributed by atoms with Crippen molar-refractivity contribution in [2.75, 3.05) is 6.61 Å². The monoisotopic (exact) mass is 524 g/mol. The van der Waals surface area contributed by atoms with Crippen LogP contribution in [0.15, 0.2) is 60.9 Å². The SMILES string of the molecule is Cc1cc(OCc2nccn2C)cc(C)c1-c1cccc2c1CC[C@H]2Oc1ccc2c(c1)OC[C@H]2CC(=O)O. The summed E-state index contributed by atoms with van der Waals surface area (Å²) in [5, 5.41) is 9.17. The van der Waals surface area contributed by atoms with Crippen LogP contribution in [0.5, 0.6) is 17.2 Å². The van der Waals surface area contributed by atoms with Gasteiger partial charge in [-0.25, -0.2) is 4.98 Å². The molecule has 2 heterocycles. The van der Waals surface area contributed by atoms with Crippen LogP contribution in [0, 0.1) is 13.8 Å². The summed E-state index contributed by atoms with van der Waals surface area (Å²) >= 11 is 0. The number of benzene rings is 3. The van der Waals surface area contributed by atoms with Gasteiger partial charge in [0.1, 0.15) is 35.8 Å². The van der Waals surface area contributed by atoms with Crippen molar-refractivity contribution >= 4 is 5.97 Å². The van der Waals surface area contributed by atoms with Crippen LogP contribution in [0.4, 0.5) is 0 Å². The molecule has 7 nitrogen and oxygen atoms in total. The molecule has 2 atom stereocenters. The third-order valence-corrected chi connectivity index (χ3v) is 7.84. The number of carboxylic acids is 1. The lowest BCUT2D eigenvalue weighted by atomic mass is 9.90. The number of imidazole rings is 1. The Labute approximate surface area is 228 Å². The van der Waals surface area contributed by atoms with Gasteiger partial charge >= 0.3 is 5.97 Å². The molecule has 0 spiro atoms. The molecule has 3 aromatic carbocycles. The summed E-state index contributed by atoms with van der Waals surface area (Å²) in [6, 6.07) is 16.5. The molecule has 0 fully saturated rings. The molecule has 4 aromatic rings. The van der Waals surface area contributed by atoms with Crippen molar-refractivity contribution in [1.29, 1.82) is 0 Å². The van der Waals surface area contributed by atoms with Crippen molar-refractivity contribution in [3.63, 3.8) is 0 Å². The second kappa shape index (κ2) is 10.1. The van der Waals surface area contributed by atoms with Crippen LogP contribution in [0.2, 0.25) is 0 Å². The molecular weight excluding hydrogens is 492 g/mol. The van der Waals surface area contributed by atoms with Gasteiger partial charge in [0.15, 0.2) is 0 Å². The number of hydrogen-bond acceptors (Lipinski definition) is 5. The Kier molecular flexibility index (Phi) is 6.51. The lowest BCUT2D eigenvalue weighted by molar-refractivity contribution is -0.137. The van der Waals surface area contributed by atoms with Crippen molar-refractivity contribution in [3.05, 3.63) is 94.6 Å². The number of aliphatic carboxylic acids is 1. The van der Waals surface area contributed by atoms with Gasteiger partial charge in [-0.1, -0.05) is 24.3 Å². The van der Waals surface area contributed by atoms with Gasteiger partial charge in [0.25, 0.3) is 0 Å². The van der Waals surface area contributed by atoms with E-state index >= 15 is 0 Å². The number of ether oxygens (including phenoxy) is 3. The fraction of sp³-hybridized carbons (Fsp3) is 0.312. The predicted molar refractivity (Wildman–Crippen MR) is 148 cm³/mol. The zero-order valence-corrected chi connectivity index (χ0v) is 22.4. The van der Waals surface area contributed by atoms with E-state index in [9.17, 15) is 4.79 Å². The lowest BCUT2D eigenvalue weighted by Gasteiger charge is -2.18. The largest absolute Gasteiger partial charge is 0.492 e. The topological polar surface area (TPSA) is 82.8 Å². The highest BCUT2D eigenvalue weighted by Crippen LogP contribution is 2.44. The second-order valence-corrected chi connectivity index (χ2v) is 10.5. The number of nitrogens with zero attached hydrogens (tertiary/aromatic N) is 2. The third-order valence-electron chi connectivity index (χ3n) is 7.84. The number of rotatable bonds is 8. The van der Waals surface area contributed by atoms with Crippen LogP contribution in [-0.2, 0) is 24.9 Å². The maximum Gasteiger partial charge on any atom is 0.304 e. The summed E-state index contributed by atoms with van der Waals surface area (Å²) in [6.45, 7) is 5.10. The molecule has 39 heavy (non-hydrogen) atoms. The van der Waals surface area contributed by atoms with Gasteiger partial charge < -0.3 is 23.9 Å². The van der Waals surface area contributed by atoms with E-state index in [1.54, 1.807) is 6.20 Å². The smallest absolute Gasteiger partial charge is 0.304 e. The van der Waals surface area contributed by atoms with E-state index in [2.05, 4.69) is 49.2 Å². The zero-order chi connectivity index (χ0) is 27.1. The highest BCUT2D eigenvalue weighted by Gasteiger charge is 2.30. The maximum atomic E-state index is 11.2. The number of aryl methyl sites for hydroxylation is 3. The summed E-state index contributed by atoms with van der Waals surface area (Å²) in [7, 11) is 1.97. The Hall–Kier alpha value is -4.26. The van der Waals surface area contributed by atoms with Gasteiger partial charge in [0.05, 0.1) is 13.0 Å². The Bertz CT molecular complexity index is 1530. The first-order valence-corrected chi connectivity index (χ1v) is 13.3. The molecule has 200 valence electrons. The van der Waals surface area contributed by atoms with E-state index in [1.165, 1.54) is 33.4 Å². The fourth-order valence-corrected chi connectivity index (χ4v) is 5.96. The molecule has 6 rings (SSSR count). The average Bonchev–Trinajstić information content (AvgIpc) is 3.61. The summed E-state index contributed by atoms with van der Waals surface area (Å²) in [6.07, 6.45) is 5.56. The van der Waals surface area contributed by atoms with Crippen LogP contribution < -0.4 is 14.2 Å². The zero-order valence-electron chi connectivity index (χ0n) is 22.4. The van der Waals surface area contributed by atoms with Crippen molar-refractivity contribution in [1.82, 2.24) is 9.55 Å². The van der Waals surface area contributed by atoms with E-state index in [1.807, 2.05) is 36.0 Å². The van der Waals surface area contributed by atoms with Crippen LogP contribution in [0.1, 0.15) is 58.5 Å². The molecule has 0 saturated carbocycles. The molecule has 1 aromatic heterocycles. The molecular formula is C32H32N2O5.